The van der Waals surface area contributed by atoms with Crippen molar-refractivity contribution in [1.29, 1.82) is 0 Å². The van der Waals surface area contributed by atoms with Gasteiger partial charge >= 0.3 is 0 Å². The van der Waals surface area contributed by atoms with Gasteiger partial charge in [-0.05, 0) is 46.8 Å². The smallest absolute Gasteiger partial charge is 0.270 e. The predicted molar refractivity (Wildman–Crippen MR) is 100 cm³/mol. The van der Waals surface area contributed by atoms with Crippen LogP contribution < -0.4 is 5.32 Å². The minimum atomic E-state index is 0.0135. The molecule has 1 saturated heterocycles. The average molecular weight is 404 g/mol. The molecular weight excluding hydrogens is 382 g/mol. The molecule has 0 saturated carbocycles. The first kappa shape index (κ1) is 17.7. The zero-order valence-electron chi connectivity index (χ0n) is 14.0. The molecule has 0 radical (unpaired) electrons. The number of rotatable bonds is 5. The van der Waals surface area contributed by atoms with Gasteiger partial charge in [0.05, 0.1) is 0 Å². The first-order valence-electron chi connectivity index (χ1n) is 8.58. The second-order valence-corrected chi connectivity index (χ2v) is 7.27. The van der Waals surface area contributed by atoms with E-state index >= 15 is 0 Å². The van der Waals surface area contributed by atoms with Gasteiger partial charge in [-0.25, -0.2) is 0 Å². The average Bonchev–Trinajstić information content (AvgIpc) is 3.07. The summed E-state index contributed by atoms with van der Waals surface area (Å²) in [6.45, 7) is 1.33. The molecule has 6 heteroatoms. The molecule has 1 aromatic carbocycles. The second kappa shape index (κ2) is 8.34. The van der Waals surface area contributed by atoms with E-state index in [2.05, 4.69) is 26.2 Å². The van der Waals surface area contributed by atoms with E-state index in [-0.39, 0.29) is 17.9 Å². The van der Waals surface area contributed by atoms with Gasteiger partial charge in [0.15, 0.2) is 0 Å². The van der Waals surface area contributed by atoms with Crippen LogP contribution in [-0.2, 0) is 11.2 Å². The van der Waals surface area contributed by atoms with E-state index in [1.54, 1.807) is 12.3 Å². The molecule has 25 heavy (non-hydrogen) atoms. The number of aromatic amines is 1. The monoisotopic (exact) mass is 403 g/mol. The van der Waals surface area contributed by atoms with Gasteiger partial charge in [-0.1, -0.05) is 30.3 Å². The molecule has 1 aliphatic heterocycles. The summed E-state index contributed by atoms with van der Waals surface area (Å²) < 4.78 is 0.872. The van der Waals surface area contributed by atoms with E-state index in [9.17, 15) is 9.59 Å². The van der Waals surface area contributed by atoms with Crippen LogP contribution in [0.15, 0.2) is 47.1 Å². The van der Waals surface area contributed by atoms with E-state index in [0.717, 1.165) is 23.7 Å². The van der Waals surface area contributed by atoms with Crippen molar-refractivity contribution in [2.45, 2.75) is 31.7 Å². The molecule has 1 aliphatic rings. The van der Waals surface area contributed by atoms with Crippen molar-refractivity contribution in [3.8, 4) is 0 Å². The number of piperidine rings is 1. The number of carbonyl (C=O) groups is 2. The molecule has 2 amide bonds. The molecule has 1 fully saturated rings. The quantitative estimate of drug-likeness (QED) is 0.804. The number of hydrogen-bond donors (Lipinski definition) is 2. The Morgan fingerprint density at radius 1 is 1.20 bits per heavy atom. The van der Waals surface area contributed by atoms with Crippen molar-refractivity contribution >= 4 is 27.7 Å². The summed E-state index contributed by atoms with van der Waals surface area (Å²) in [5, 5.41) is 3.10. The maximum atomic E-state index is 12.4. The largest absolute Gasteiger partial charge is 0.356 e. The van der Waals surface area contributed by atoms with E-state index in [0.29, 0.717) is 25.2 Å². The maximum Gasteiger partial charge on any atom is 0.270 e. The van der Waals surface area contributed by atoms with Gasteiger partial charge in [-0.3, -0.25) is 9.59 Å². The lowest BCUT2D eigenvalue weighted by molar-refractivity contribution is -0.122. The highest BCUT2D eigenvalue weighted by atomic mass is 79.9. The van der Waals surface area contributed by atoms with Crippen molar-refractivity contribution in [3.63, 3.8) is 0 Å². The number of halogens is 1. The molecule has 2 heterocycles. The van der Waals surface area contributed by atoms with E-state index in [1.165, 1.54) is 5.56 Å². The number of aryl methyl sites for hydroxylation is 1. The predicted octanol–water partition coefficient (Wildman–Crippen LogP) is 3.13. The van der Waals surface area contributed by atoms with Crippen molar-refractivity contribution in [2.24, 2.45) is 0 Å². The van der Waals surface area contributed by atoms with Gasteiger partial charge in [-0.15, -0.1) is 0 Å². The molecule has 2 aromatic rings. The Hall–Kier alpha value is -2.08. The summed E-state index contributed by atoms with van der Waals surface area (Å²) in [7, 11) is 0. The van der Waals surface area contributed by atoms with Crippen molar-refractivity contribution in [1.82, 2.24) is 15.2 Å². The first-order valence-corrected chi connectivity index (χ1v) is 9.37. The van der Waals surface area contributed by atoms with Crippen LogP contribution in [0.3, 0.4) is 0 Å². The summed E-state index contributed by atoms with van der Waals surface area (Å²) in [4.78, 5) is 29.3. The van der Waals surface area contributed by atoms with Crippen LogP contribution in [0, 0.1) is 0 Å². The molecule has 0 bridgehead atoms. The molecule has 3 rings (SSSR count). The molecule has 0 aliphatic carbocycles. The van der Waals surface area contributed by atoms with Gasteiger partial charge in [-0.2, -0.15) is 0 Å². The van der Waals surface area contributed by atoms with E-state index < -0.39 is 0 Å². The van der Waals surface area contributed by atoms with Crippen LogP contribution in [0.25, 0.3) is 0 Å². The highest BCUT2D eigenvalue weighted by Gasteiger charge is 2.25. The standard InChI is InChI=1S/C19H22BrN3O2/c20-15-12-17(21-13-15)19(25)23-10-8-16(9-11-23)22-18(24)7-6-14-4-2-1-3-5-14/h1-5,12-13,16,21H,6-11H2,(H,22,24). The SMILES string of the molecule is O=C(CCc1ccccc1)NC1CCN(C(=O)c2cc(Br)c[nH]2)CC1. The van der Waals surface area contributed by atoms with Crippen LogP contribution >= 0.6 is 15.9 Å². The van der Waals surface area contributed by atoms with Gasteiger partial charge in [0.2, 0.25) is 5.91 Å². The van der Waals surface area contributed by atoms with Gasteiger partial charge < -0.3 is 15.2 Å². The summed E-state index contributed by atoms with van der Waals surface area (Å²) in [5.41, 5.74) is 1.77. The van der Waals surface area contributed by atoms with Crippen molar-refractivity contribution in [3.05, 3.63) is 58.3 Å². The normalized spacial score (nSPS) is 15.2. The van der Waals surface area contributed by atoms with Crippen LogP contribution in [0.2, 0.25) is 0 Å². The topological polar surface area (TPSA) is 65.2 Å². The Kier molecular flexibility index (Phi) is 5.91. The first-order chi connectivity index (χ1) is 12.1. The lowest BCUT2D eigenvalue weighted by Gasteiger charge is -2.32. The van der Waals surface area contributed by atoms with E-state index in [1.807, 2.05) is 35.2 Å². The fourth-order valence-electron chi connectivity index (χ4n) is 3.09. The van der Waals surface area contributed by atoms with Crippen molar-refractivity contribution < 1.29 is 9.59 Å². The third-order valence-electron chi connectivity index (χ3n) is 4.51. The Balaban J connectivity index is 1.41. The molecular formula is C19H22BrN3O2. The third-order valence-corrected chi connectivity index (χ3v) is 4.97. The van der Waals surface area contributed by atoms with Crippen LogP contribution in [0.1, 0.15) is 35.3 Å². The molecule has 5 nitrogen and oxygen atoms in total. The fourth-order valence-corrected chi connectivity index (χ4v) is 3.43. The molecule has 132 valence electrons. The zero-order valence-corrected chi connectivity index (χ0v) is 15.6. The Morgan fingerprint density at radius 2 is 1.92 bits per heavy atom. The Bertz CT molecular complexity index is 721. The molecule has 2 N–H and O–H groups in total. The number of likely N-dealkylation sites (tertiary alicyclic amines) is 1. The van der Waals surface area contributed by atoms with Crippen LogP contribution in [0.4, 0.5) is 0 Å². The maximum absolute atomic E-state index is 12.4. The molecule has 0 unspecified atom stereocenters. The second-order valence-electron chi connectivity index (χ2n) is 6.35. The van der Waals surface area contributed by atoms with Gasteiger partial charge in [0, 0.05) is 36.2 Å². The molecule has 0 atom stereocenters. The summed E-state index contributed by atoms with van der Waals surface area (Å²) in [5.74, 6) is 0.0986. The number of H-pyrrole nitrogens is 1. The summed E-state index contributed by atoms with van der Waals surface area (Å²) >= 11 is 3.34. The highest BCUT2D eigenvalue weighted by molar-refractivity contribution is 9.10. The summed E-state index contributed by atoms with van der Waals surface area (Å²) in [6.07, 6.45) is 4.60. The Labute approximate surface area is 155 Å². The summed E-state index contributed by atoms with van der Waals surface area (Å²) in [6, 6.07) is 12.0. The highest BCUT2D eigenvalue weighted by Crippen LogP contribution is 2.16. The van der Waals surface area contributed by atoms with Crippen LogP contribution in [0.5, 0.6) is 0 Å². The minimum absolute atomic E-state index is 0.0135. The molecule has 0 spiro atoms. The van der Waals surface area contributed by atoms with Crippen LogP contribution in [-0.4, -0.2) is 40.8 Å². The Morgan fingerprint density at radius 3 is 2.56 bits per heavy atom. The van der Waals surface area contributed by atoms with Gasteiger partial charge in [0.25, 0.3) is 5.91 Å². The lowest BCUT2D eigenvalue weighted by atomic mass is 10.0. The lowest BCUT2D eigenvalue weighted by Crippen LogP contribution is -2.46. The number of amides is 2. The molecule has 1 aromatic heterocycles. The number of aromatic nitrogens is 1. The number of carbonyl (C=O) groups excluding carboxylic acids is 2. The van der Waals surface area contributed by atoms with Gasteiger partial charge in [0.1, 0.15) is 5.69 Å². The third kappa shape index (κ3) is 4.95. The zero-order chi connectivity index (χ0) is 17.6. The van der Waals surface area contributed by atoms with E-state index in [4.69, 9.17) is 0 Å². The number of hydrogen-bond acceptors (Lipinski definition) is 2. The van der Waals surface area contributed by atoms with Crippen molar-refractivity contribution in [2.75, 3.05) is 13.1 Å². The fraction of sp³-hybridized carbons (Fsp3) is 0.368. The number of benzene rings is 1. The number of nitrogens with zero attached hydrogens (tertiary/aromatic N) is 1. The minimum Gasteiger partial charge on any atom is -0.356 e. The number of nitrogens with one attached hydrogen (secondary N) is 2.